The van der Waals surface area contributed by atoms with Crippen LogP contribution in [0.3, 0.4) is 0 Å². The lowest BCUT2D eigenvalue weighted by Crippen LogP contribution is -2.37. The molecule has 0 unspecified atom stereocenters. The van der Waals surface area contributed by atoms with E-state index in [-0.39, 0.29) is 10.6 Å². The molecular weight excluding hydrogens is 624 g/mol. The van der Waals surface area contributed by atoms with Crippen molar-refractivity contribution in [3.63, 3.8) is 0 Å². The molecule has 0 saturated carbocycles. The van der Waals surface area contributed by atoms with E-state index in [1.807, 2.05) is 0 Å². The third kappa shape index (κ3) is 6.48. The van der Waals surface area contributed by atoms with Gasteiger partial charge >= 0.3 is 6.09 Å². The average Bonchev–Trinajstić information content (AvgIpc) is 3.56. The molecule has 3 aromatic carbocycles. The van der Waals surface area contributed by atoms with Crippen molar-refractivity contribution >= 4 is 44.1 Å². The van der Waals surface area contributed by atoms with E-state index in [2.05, 4.69) is 4.98 Å². The largest absolute Gasteiger partial charge is 0.493 e. The number of sulfone groups is 1. The zero-order valence-corrected chi connectivity index (χ0v) is 27.7. The number of fused-ring (bicyclic) bond motifs is 1. The van der Waals surface area contributed by atoms with Gasteiger partial charge in [0.05, 0.1) is 30.4 Å². The van der Waals surface area contributed by atoms with Crippen LogP contribution < -0.4 is 24.8 Å². The quantitative estimate of drug-likeness (QED) is 0.218. The number of nitrogens with zero attached hydrogens (tertiary/aromatic N) is 3. The van der Waals surface area contributed by atoms with Gasteiger partial charge in [0.15, 0.2) is 21.3 Å². The predicted octanol–water partition coefficient (Wildman–Crippen LogP) is 5.61. The SMILES string of the molecule is COc1ccc([C@@H](Oc2ccc3c(N)nccc3c2)C(=O)N2CCC[C@@H]2c2cc(N(C)C(=O)O)ccc2S(=O)(=O)C(C)C)cc1OC. The lowest BCUT2D eigenvalue weighted by molar-refractivity contribution is -0.140. The van der Waals surface area contributed by atoms with Crippen molar-refractivity contribution in [3.05, 3.63) is 78.0 Å². The number of anilines is 2. The highest BCUT2D eigenvalue weighted by Gasteiger charge is 2.39. The van der Waals surface area contributed by atoms with Gasteiger partial charge in [-0.2, -0.15) is 0 Å². The molecule has 1 aliphatic rings. The van der Waals surface area contributed by atoms with E-state index in [9.17, 15) is 23.1 Å². The fourth-order valence-corrected chi connectivity index (χ4v) is 7.09. The Balaban J connectivity index is 1.62. The highest BCUT2D eigenvalue weighted by Crippen LogP contribution is 2.41. The summed E-state index contributed by atoms with van der Waals surface area (Å²) < 4.78 is 44.5. The molecule has 0 spiro atoms. The second-order valence-electron chi connectivity index (χ2n) is 11.5. The van der Waals surface area contributed by atoms with Gasteiger partial charge in [0.2, 0.25) is 6.10 Å². The van der Waals surface area contributed by atoms with E-state index in [4.69, 9.17) is 19.9 Å². The Morgan fingerprint density at radius 1 is 1.02 bits per heavy atom. The topological polar surface area (TPSA) is 162 Å². The summed E-state index contributed by atoms with van der Waals surface area (Å²) in [6.07, 6.45) is 0.281. The summed E-state index contributed by atoms with van der Waals surface area (Å²) in [4.78, 5) is 33.3. The van der Waals surface area contributed by atoms with E-state index in [0.717, 1.165) is 15.7 Å². The fourth-order valence-electron chi connectivity index (χ4n) is 5.80. The number of aromatic nitrogens is 1. The summed E-state index contributed by atoms with van der Waals surface area (Å²) in [5, 5.41) is 10.4. The fraction of sp³-hybridized carbons (Fsp3) is 0.324. The maximum absolute atomic E-state index is 14.7. The molecule has 2 atom stereocenters. The van der Waals surface area contributed by atoms with Crippen molar-refractivity contribution in [1.82, 2.24) is 9.88 Å². The summed E-state index contributed by atoms with van der Waals surface area (Å²) in [5.41, 5.74) is 7.18. The van der Waals surface area contributed by atoms with Crippen molar-refractivity contribution in [2.45, 2.75) is 49.0 Å². The first-order chi connectivity index (χ1) is 22.4. The van der Waals surface area contributed by atoms with Crippen molar-refractivity contribution < 1.29 is 37.3 Å². The number of benzene rings is 3. The second-order valence-corrected chi connectivity index (χ2v) is 14.0. The third-order valence-corrected chi connectivity index (χ3v) is 10.7. The number of hydrogen-bond donors (Lipinski definition) is 2. The minimum Gasteiger partial charge on any atom is -0.493 e. The van der Waals surface area contributed by atoms with Gasteiger partial charge in [-0.05, 0) is 92.2 Å². The monoisotopic (exact) mass is 662 g/mol. The Bertz CT molecular complexity index is 1930. The molecule has 1 aromatic heterocycles. The molecule has 12 nitrogen and oxygen atoms in total. The maximum atomic E-state index is 14.7. The Kier molecular flexibility index (Phi) is 9.48. The minimum atomic E-state index is -3.80. The highest BCUT2D eigenvalue weighted by molar-refractivity contribution is 7.92. The van der Waals surface area contributed by atoms with Crippen molar-refractivity contribution in [1.29, 1.82) is 0 Å². The van der Waals surface area contributed by atoms with Gasteiger partial charge in [-0.1, -0.05) is 6.07 Å². The number of nitrogen functional groups attached to an aromatic ring is 1. The molecule has 0 radical (unpaired) electrons. The number of ether oxygens (including phenoxy) is 3. The number of amides is 2. The number of pyridine rings is 1. The van der Waals surface area contributed by atoms with Gasteiger partial charge in [-0.3, -0.25) is 9.69 Å². The van der Waals surface area contributed by atoms with Crippen LogP contribution in [0.15, 0.2) is 71.8 Å². The van der Waals surface area contributed by atoms with Crippen LogP contribution in [0.1, 0.15) is 50.0 Å². The Morgan fingerprint density at radius 3 is 2.45 bits per heavy atom. The van der Waals surface area contributed by atoms with Gasteiger partial charge < -0.3 is 30.0 Å². The summed E-state index contributed by atoms with van der Waals surface area (Å²) in [6, 6.07) is 15.9. The predicted molar refractivity (Wildman–Crippen MR) is 178 cm³/mol. The molecule has 47 heavy (non-hydrogen) atoms. The number of hydrogen-bond acceptors (Lipinski definition) is 9. The first-order valence-corrected chi connectivity index (χ1v) is 16.6. The van der Waals surface area contributed by atoms with Crippen LogP contribution in [-0.4, -0.2) is 68.5 Å². The minimum absolute atomic E-state index is 0.0593. The van der Waals surface area contributed by atoms with Crippen molar-refractivity contribution in [2.24, 2.45) is 0 Å². The summed E-state index contributed by atoms with van der Waals surface area (Å²) in [6.45, 7) is 3.50. The van der Waals surface area contributed by atoms with E-state index < -0.39 is 39.2 Å². The zero-order chi connectivity index (χ0) is 34.0. The van der Waals surface area contributed by atoms with Crippen molar-refractivity contribution in [3.8, 4) is 17.2 Å². The average molecular weight is 663 g/mol. The van der Waals surface area contributed by atoms with E-state index in [1.54, 1.807) is 73.5 Å². The molecule has 0 aliphatic carbocycles. The first-order valence-electron chi connectivity index (χ1n) is 15.0. The normalized spacial score (nSPS) is 15.4. The standard InChI is InChI=1S/C34H38N4O8S/c1-20(2)47(42,43)30-13-9-23(37(3)34(40)41)19-26(30)27-7-6-16-38(27)33(39)31(22-8-12-28(44-4)29(18-22)45-5)46-24-10-11-25-21(17-24)14-15-36-32(25)35/h8-15,17-20,27,31H,6-7,16H2,1-5H3,(H2,35,36)(H,40,41)/t27-,31-/m1/s1. The Morgan fingerprint density at radius 2 is 1.77 bits per heavy atom. The number of likely N-dealkylation sites (tertiary alicyclic amines) is 1. The van der Waals surface area contributed by atoms with Crippen LogP contribution in [0.5, 0.6) is 17.2 Å². The molecule has 4 aromatic rings. The smallest absolute Gasteiger partial charge is 0.411 e. The van der Waals surface area contributed by atoms with Crippen LogP contribution in [-0.2, 0) is 14.6 Å². The van der Waals surface area contributed by atoms with E-state index >= 15 is 0 Å². The molecule has 2 heterocycles. The summed E-state index contributed by atoms with van der Waals surface area (Å²) in [7, 11) is 0.588. The molecule has 5 rings (SSSR count). The molecule has 2 amide bonds. The molecule has 248 valence electrons. The molecule has 13 heteroatoms. The van der Waals surface area contributed by atoms with Crippen LogP contribution in [0.4, 0.5) is 16.3 Å². The maximum Gasteiger partial charge on any atom is 0.411 e. The number of carboxylic acid groups (broad SMARTS) is 1. The van der Waals surface area contributed by atoms with Gasteiger partial charge in [0.25, 0.3) is 5.91 Å². The van der Waals surface area contributed by atoms with Gasteiger partial charge in [0.1, 0.15) is 11.6 Å². The molecule has 1 saturated heterocycles. The summed E-state index contributed by atoms with van der Waals surface area (Å²) >= 11 is 0. The molecule has 3 N–H and O–H groups in total. The van der Waals surface area contributed by atoms with Gasteiger partial charge in [-0.25, -0.2) is 18.2 Å². The number of carbonyl (C=O) groups is 2. The molecule has 1 aliphatic heterocycles. The van der Waals surface area contributed by atoms with Crippen LogP contribution in [0.2, 0.25) is 0 Å². The molecular formula is C34H38N4O8S. The van der Waals surface area contributed by atoms with Gasteiger partial charge in [0, 0.05) is 36.4 Å². The number of carbonyl (C=O) groups excluding carboxylic acids is 1. The summed E-state index contributed by atoms with van der Waals surface area (Å²) in [5.74, 6) is 1.23. The van der Waals surface area contributed by atoms with E-state index in [1.165, 1.54) is 33.4 Å². The lowest BCUT2D eigenvalue weighted by Gasteiger charge is -2.31. The van der Waals surface area contributed by atoms with Gasteiger partial charge in [-0.15, -0.1) is 0 Å². The molecule has 0 bridgehead atoms. The number of rotatable bonds is 10. The number of nitrogens with two attached hydrogens (primary N) is 1. The lowest BCUT2D eigenvalue weighted by atomic mass is 10.0. The first kappa shape index (κ1) is 33.3. The van der Waals surface area contributed by atoms with Crippen molar-refractivity contribution in [2.75, 3.05) is 38.4 Å². The second kappa shape index (κ2) is 13.4. The van der Waals surface area contributed by atoms with E-state index in [0.29, 0.717) is 53.6 Å². The third-order valence-electron chi connectivity index (χ3n) is 8.44. The van der Waals surface area contributed by atoms with Crippen LogP contribution in [0.25, 0.3) is 10.8 Å². The van der Waals surface area contributed by atoms with Crippen LogP contribution in [0, 0.1) is 0 Å². The zero-order valence-electron chi connectivity index (χ0n) is 26.8. The molecule has 1 fully saturated rings. The number of methoxy groups -OCH3 is 2. The Hall–Kier alpha value is -5.04. The van der Waals surface area contributed by atoms with Crippen LogP contribution >= 0.6 is 0 Å². The highest BCUT2D eigenvalue weighted by atomic mass is 32.2. The Labute approximate surface area is 273 Å².